The first-order chi connectivity index (χ1) is 14.0. The third-order valence-electron chi connectivity index (χ3n) is 6.70. The summed E-state index contributed by atoms with van der Waals surface area (Å²) in [5.74, 6) is 0.0936. The number of piperidine rings is 1. The molecule has 0 unspecified atom stereocenters. The Bertz CT molecular complexity index is 999. The van der Waals surface area contributed by atoms with Crippen LogP contribution >= 0.6 is 11.6 Å². The maximum Gasteiger partial charge on any atom is 0.319 e. The number of ketones is 1. The number of fused-ring (bicyclic) bond motifs is 1. The first-order valence-corrected chi connectivity index (χ1v) is 10.4. The van der Waals surface area contributed by atoms with Crippen LogP contribution in [0, 0.1) is 16.6 Å². The highest BCUT2D eigenvalue weighted by Crippen LogP contribution is 2.47. The fourth-order valence-electron chi connectivity index (χ4n) is 4.37. The van der Waals surface area contributed by atoms with E-state index in [1.807, 2.05) is 4.90 Å². The van der Waals surface area contributed by atoms with Crippen LogP contribution in [-0.4, -0.2) is 52.1 Å². The van der Waals surface area contributed by atoms with Crippen molar-refractivity contribution < 1.29 is 19.0 Å². The van der Waals surface area contributed by atoms with Gasteiger partial charge in [-0.3, -0.25) is 4.79 Å². The van der Waals surface area contributed by atoms with Crippen LogP contribution in [0.5, 0.6) is 6.01 Å². The van der Waals surface area contributed by atoms with E-state index < -0.39 is 5.82 Å². The molecule has 154 valence electrons. The van der Waals surface area contributed by atoms with Gasteiger partial charge in [0.15, 0.2) is 11.0 Å². The van der Waals surface area contributed by atoms with Crippen LogP contribution in [0.25, 0.3) is 10.9 Å². The highest BCUT2D eigenvalue weighted by molar-refractivity contribution is 6.30. The fourth-order valence-corrected chi connectivity index (χ4v) is 4.51. The predicted octanol–water partition coefficient (Wildman–Crippen LogP) is 2.92. The lowest BCUT2D eigenvalue weighted by Gasteiger charge is -2.47. The molecule has 1 saturated heterocycles. The number of ether oxygens (including phenoxy) is 1. The van der Waals surface area contributed by atoms with Gasteiger partial charge in [-0.1, -0.05) is 11.6 Å². The average Bonchev–Trinajstić information content (AvgIpc) is 3.54. The van der Waals surface area contributed by atoms with Crippen LogP contribution in [0.3, 0.4) is 0 Å². The van der Waals surface area contributed by atoms with E-state index in [1.54, 1.807) is 0 Å². The maximum atomic E-state index is 14.7. The standard InChI is InChI=1S/C20H22ClFN4O3/c21-16-14(22)15-12(8-23-16)17(25-18(24-15)29-11-19(10-27)5-6-19)26-7-1-3-20(9-26)4-2-13(20)28/h8,27H,1-7,9-11H2/t20-/m0/s1. The van der Waals surface area contributed by atoms with Crippen molar-refractivity contribution in [1.82, 2.24) is 15.0 Å². The lowest BCUT2D eigenvalue weighted by molar-refractivity contribution is -0.138. The van der Waals surface area contributed by atoms with Crippen LogP contribution in [-0.2, 0) is 4.79 Å². The van der Waals surface area contributed by atoms with E-state index in [0.29, 0.717) is 36.5 Å². The molecule has 3 aliphatic rings. The Morgan fingerprint density at radius 2 is 2.10 bits per heavy atom. The van der Waals surface area contributed by atoms with Gasteiger partial charge in [0, 0.05) is 36.5 Å². The number of anilines is 1. The van der Waals surface area contributed by atoms with Crippen molar-refractivity contribution in [3.8, 4) is 6.01 Å². The highest BCUT2D eigenvalue weighted by Gasteiger charge is 2.48. The fraction of sp³-hybridized carbons (Fsp3) is 0.600. The number of aliphatic hydroxyl groups excluding tert-OH is 1. The smallest absolute Gasteiger partial charge is 0.319 e. The molecule has 9 heteroatoms. The Morgan fingerprint density at radius 3 is 2.76 bits per heavy atom. The molecule has 1 aliphatic heterocycles. The van der Waals surface area contributed by atoms with Gasteiger partial charge in [-0.15, -0.1) is 0 Å². The van der Waals surface area contributed by atoms with Crippen LogP contribution in [0.1, 0.15) is 38.5 Å². The molecule has 2 aromatic heterocycles. The van der Waals surface area contributed by atoms with E-state index in [2.05, 4.69) is 15.0 Å². The normalized spacial score (nSPS) is 25.3. The van der Waals surface area contributed by atoms with E-state index in [-0.39, 0.29) is 40.7 Å². The minimum Gasteiger partial charge on any atom is -0.463 e. The SMILES string of the molecule is O=C1CC[C@]12CCCN(c1nc(OCC3(CO)CC3)nc3c(F)c(Cl)ncc13)C2. The van der Waals surface area contributed by atoms with Crippen molar-refractivity contribution in [1.29, 1.82) is 0 Å². The molecule has 0 aromatic carbocycles. The summed E-state index contributed by atoms with van der Waals surface area (Å²) in [5, 5.41) is 9.71. The van der Waals surface area contributed by atoms with Crippen LogP contribution in [0.2, 0.25) is 5.15 Å². The van der Waals surface area contributed by atoms with E-state index in [4.69, 9.17) is 16.3 Å². The zero-order chi connectivity index (χ0) is 20.2. The van der Waals surface area contributed by atoms with Crippen molar-refractivity contribution in [2.45, 2.75) is 38.5 Å². The van der Waals surface area contributed by atoms with Crippen LogP contribution in [0.15, 0.2) is 6.20 Å². The van der Waals surface area contributed by atoms with Crippen molar-refractivity contribution in [3.63, 3.8) is 0 Å². The van der Waals surface area contributed by atoms with Gasteiger partial charge in [-0.2, -0.15) is 9.97 Å². The summed E-state index contributed by atoms with van der Waals surface area (Å²) in [4.78, 5) is 27.0. The minimum atomic E-state index is -0.715. The van der Waals surface area contributed by atoms with Crippen LogP contribution in [0.4, 0.5) is 10.2 Å². The molecule has 1 atom stereocenters. The number of pyridine rings is 1. The molecular weight excluding hydrogens is 399 g/mol. The first-order valence-electron chi connectivity index (χ1n) is 9.99. The Labute approximate surface area is 172 Å². The van der Waals surface area contributed by atoms with Gasteiger partial charge in [0.25, 0.3) is 0 Å². The Morgan fingerprint density at radius 1 is 1.28 bits per heavy atom. The molecule has 7 nitrogen and oxygen atoms in total. The molecule has 3 heterocycles. The molecule has 1 N–H and O–H groups in total. The van der Waals surface area contributed by atoms with E-state index in [0.717, 1.165) is 32.1 Å². The van der Waals surface area contributed by atoms with Crippen molar-refractivity contribution in [3.05, 3.63) is 17.2 Å². The van der Waals surface area contributed by atoms with Gasteiger partial charge in [0.05, 0.1) is 18.6 Å². The second kappa shape index (κ2) is 6.74. The number of aliphatic hydroxyl groups is 1. The number of halogens is 2. The van der Waals surface area contributed by atoms with Gasteiger partial charge in [-0.25, -0.2) is 9.37 Å². The molecule has 29 heavy (non-hydrogen) atoms. The number of carbonyl (C=O) groups excluding carboxylic acids is 1. The molecule has 2 saturated carbocycles. The zero-order valence-corrected chi connectivity index (χ0v) is 16.7. The van der Waals surface area contributed by atoms with Crippen molar-refractivity contribution in [2.75, 3.05) is 31.2 Å². The Kier molecular flexibility index (Phi) is 4.40. The maximum absolute atomic E-state index is 14.7. The number of nitrogens with zero attached hydrogens (tertiary/aromatic N) is 4. The molecule has 5 rings (SSSR count). The molecule has 1 spiro atoms. The van der Waals surface area contributed by atoms with Crippen molar-refractivity contribution in [2.24, 2.45) is 10.8 Å². The monoisotopic (exact) mass is 420 g/mol. The number of hydrogen-bond donors (Lipinski definition) is 1. The van der Waals surface area contributed by atoms with E-state index in [1.165, 1.54) is 6.20 Å². The zero-order valence-electron chi connectivity index (χ0n) is 16.0. The number of aromatic nitrogens is 3. The Hall–Kier alpha value is -2.06. The first kappa shape index (κ1) is 18.9. The summed E-state index contributed by atoms with van der Waals surface area (Å²) in [6.07, 6.45) is 6.49. The molecule has 3 fully saturated rings. The molecule has 2 aromatic rings. The van der Waals surface area contributed by atoms with Gasteiger partial charge < -0.3 is 14.7 Å². The molecule has 0 amide bonds. The largest absolute Gasteiger partial charge is 0.463 e. The van der Waals surface area contributed by atoms with Crippen molar-refractivity contribution >= 4 is 34.1 Å². The third kappa shape index (κ3) is 3.13. The number of rotatable bonds is 5. The molecule has 0 bridgehead atoms. The second-order valence-corrected chi connectivity index (χ2v) is 8.99. The summed E-state index contributed by atoms with van der Waals surface area (Å²) >= 11 is 5.88. The summed E-state index contributed by atoms with van der Waals surface area (Å²) in [6.45, 7) is 1.58. The number of hydrogen-bond acceptors (Lipinski definition) is 7. The van der Waals surface area contributed by atoms with Gasteiger partial charge in [0.1, 0.15) is 17.1 Å². The molecule has 0 radical (unpaired) electrons. The molecular formula is C20H22ClFN4O3. The van der Waals surface area contributed by atoms with Gasteiger partial charge in [0.2, 0.25) is 0 Å². The highest BCUT2D eigenvalue weighted by atomic mass is 35.5. The minimum absolute atomic E-state index is 0.0360. The average molecular weight is 421 g/mol. The van der Waals surface area contributed by atoms with Gasteiger partial charge in [-0.05, 0) is 32.1 Å². The predicted molar refractivity (Wildman–Crippen MR) is 105 cm³/mol. The second-order valence-electron chi connectivity index (χ2n) is 8.63. The summed E-state index contributed by atoms with van der Waals surface area (Å²) in [7, 11) is 0. The van der Waals surface area contributed by atoms with E-state index >= 15 is 0 Å². The number of Topliss-reactive ketones (excluding diaryl/α,β-unsaturated/α-hetero) is 1. The van der Waals surface area contributed by atoms with Gasteiger partial charge >= 0.3 is 6.01 Å². The lowest BCUT2D eigenvalue weighted by atomic mass is 9.63. The lowest BCUT2D eigenvalue weighted by Crippen LogP contribution is -2.53. The van der Waals surface area contributed by atoms with E-state index in [9.17, 15) is 14.3 Å². The molecule has 2 aliphatic carbocycles. The summed E-state index contributed by atoms with van der Waals surface area (Å²) < 4.78 is 20.5. The number of carbonyl (C=O) groups is 1. The summed E-state index contributed by atoms with van der Waals surface area (Å²) in [5.41, 5.74) is -0.511. The summed E-state index contributed by atoms with van der Waals surface area (Å²) in [6, 6.07) is 0.0490. The van der Waals surface area contributed by atoms with Crippen LogP contribution < -0.4 is 9.64 Å². The topological polar surface area (TPSA) is 88.4 Å². The Balaban J connectivity index is 1.54. The quantitative estimate of drug-likeness (QED) is 0.744. The third-order valence-corrected chi connectivity index (χ3v) is 6.96.